The zero-order valence-electron chi connectivity index (χ0n) is 38.8. The van der Waals surface area contributed by atoms with Crippen molar-refractivity contribution in [3.63, 3.8) is 0 Å². The Bertz CT molecular complexity index is 3770. The number of benzene rings is 8. The summed E-state index contributed by atoms with van der Waals surface area (Å²) in [4.78, 5) is 2.55. The van der Waals surface area contributed by atoms with Crippen molar-refractivity contribution >= 4 is 106 Å². The third kappa shape index (κ3) is 5.33. The Balaban J connectivity index is 1.21. The van der Waals surface area contributed by atoms with Gasteiger partial charge in [-0.05, 0) is 122 Å². The molecule has 0 saturated carbocycles. The third-order valence-electron chi connectivity index (χ3n) is 14.8. The maximum atomic E-state index is 6.64. The van der Waals surface area contributed by atoms with Gasteiger partial charge >= 0.3 is 0 Å². The maximum Gasteiger partial charge on any atom is 0.252 e. The van der Waals surface area contributed by atoms with Crippen molar-refractivity contribution in [3.8, 4) is 11.4 Å². The van der Waals surface area contributed by atoms with E-state index in [9.17, 15) is 0 Å². The zero-order chi connectivity index (χ0) is 44.5. The predicted molar refractivity (Wildman–Crippen MR) is 278 cm³/mol. The second-order valence-corrected chi connectivity index (χ2v) is 21.8. The molecule has 2 aliphatic rings. The molecule has 8 aromatic carbocycles. The third-order valence-corrected chi connectivity index (χ3v) is 14.8. The van der Waals surface area contributed by atoms with Gasteiger partial charge in [-0.1, -0.05) is 141 Å². The molecule has 0 radical (unpaired) electrons. The van der Waals surface area contributed by atoms with Gasteiger partial charge in [0.05, 0.1) is 27.6 Å². The summed E-state index contributed by atoms with van der Waals surface area (Å²) in [6, 6.07) is 57.8. The lowest BCUT2D eigenvalue weighted by atomic mass is 9.34. The molecule has 0 bridgehead atoms. The Morgan fingerprint density at radius 1 is 0.400 bits per heavy atom. The van der Waals surface area contributed by atoms with Crippen molar-refractivity contribution in [2.75, 3.05) is 4.90 Å². The molecule has 0 amide bonds. The second kappa shape index (κ2) is 12.8. The van der Waals surface area contributed by atoms with Crippen LogP contribution in [-0.2, 0) is 16.2 Å². The Labute approximate surface area is 380 Å². The first-order chi connectivity index (χ1) is 31.1. The molecule has 3 aromatic heterocycles. The summed E-state index contributed by atoms with van der Waals surface area (Å²) in [7, 11) is 0. The van der Waals surface area contributed by atoms with Crippen molar-refractivity contribution < 1.29 is 4.42 Å². The predicted octanol–water partition coefficient (Wildman–Crippen LogP) is 14.3. The summed E-state index contributed by atoms with van der Waals surface area (Å²) in [6.07, 6.45) is 0. The minimum absolute atomic E-state index is 0.00250. The molecule has 5 heteroatoms. The van der Waals surface area contributed by atoms with Crippen LogP contribution in [0.25, 0.3) is 76.9 Å². The molecule has 316 valence electrons. The van der Waals surface area contributed by atoms with E-state index < -0.39 is 0 Å². The van der Waals surface area contributed by atoms with Gasteiger partial charge in [-0.3, -0.25) is 0 Å². The average molecular weight is 842 g/mol. The van der Waals surface area contributed by atoms with Gasteiger partial charge in [-0.25, -0.2) is 0 Å². The number of para-hydroxylation sites is 3. The van der Waals surface area contributed by atoms with Crippen LogP contribution >= 0.6 is 0 Å². The average Bonchev–Trinajstić information content (AvgIpc) is 3.94. The molecule has 0 aliphatic carbocycles. The smallest absolute Gasteiger partial charge is 0.252 e. The lowest BCUT2D eigenvalue weighted by Crippen LogP contribution is -2.60. The van der Waals surface area contributed by atoms with E-state index in [1.54, 1.807) is 0 Å². The SMILES string of the molecule is CC(C)(C)c1ccc(N2c3ccccc3B3c4c2cc(-n2c5ccc(C(C)(C)C)cc5c5cc(C(C)(C)C)ccc52)cc4-n2c4c3cccc4c3ccc4oc5ccccc5c4c32)cc1. The van der Waals surface area contributed by atoms with Crippen LogP contribution in [-0.4, -0.2) is 15.8 Å². The highest BCUT2D eigenvalue weighted by atomic mass is 16.3. The molecule has 0 unspecified atom stereocenters. The van der Waals surface area contributed by atoms with Crippen molar-refractivity contribution in [1.29, 1.82) is 0 Å². The highest BCUT2D eigenvalue weighted by Gasteiger charge is 2.43. The molecule has 0 N–H and O–H groups in total. The van der Waals surface area contributed by atoms with E-state index in [0.29, 0.717) is 0 Å². The number of rotatable bonds is 2. The van der Waals surface area contributed by atoms with E-state index in [2.05, 4.69) is 228 Å². The molecule has 0 fully saturated rings. The summed E-state index contributed by atoms with van der Waals surface area (Å²) in [5, 5.41) is 7.37. The molecule has 2 aliphatic heterocycles. The van der Waals surface area contributed by atoms with Gasteiger partial charge < -0.3 is 18.5 Å². The van der Waals surface area contributed by atoms with Gasteiger partial charge in [0, 0.05) is 55.2 Å². The van der Waals surface area contributed by atoms with Crippen LogP contribution in [0.5, 0.6) is 0 Å². The van der Waals surface area contributed by atoms with E-state index in [4.69, 9.17) is 4.42 Å². The fraction of sp³-hybridized carbons (Fsp3) is 0.200. The quantitative estimate of drug-likeness (QED) is 0.162. The number of furan rings is 1. The minimum atomic E-state index is 0.00250. The van der Waals surface area contributed by atoms with Gasteiger partial charge in [-0.2, -0.15) is 0 Å². The normalized spacial score (nSPS) is 13.9. The van der Waals surface area contributed by atoms with Crippen molar-refractivity contribution in [1.82, 2.24) is 9.13 Å². The lowest BCUT2D eigenvalue weighted by Gasteiger charge is -2.40. The van der Waals surface area contributed by atoms with E-state index >= 15 is 0 Å². The molecule has 4 nitrogen and oxygen atoms in total. The zero-order valence-corrected chi connectivity index (χ0v) is 38.8. The van der Waals surface area contributed by atoms with E-state index in [1.807, 2.05) is 0 Å². The fourth-order valence-electron chi connectivity index (χ4n) is 11.4. The topological polar surface area (TPSA) is 26.2 Å². The number of fused-ring (bicyclic) bond motifs is 14. The first-order valence-corrected chi connectivity index (χ1v) is 23.3. The molecular weight excluding hydrogens is 789 g/mol. The molecular formula is C60H52BN3O. The molecule has 11 aromatic rings. The first kappa shape index (κ1) is 38.5. The van der Waals surface area contributed by atoms with Gasteiger partial charge in [-0.15, -0.1) is 0 Å². The van der Waals surface area contributed by atoms with E-state index in [0.717, 1.165) is 33.3 Å². The van der Waals surface area contributed by atoms with Crippen molar-refractivity contribution in [3.05, 3.63) is 168 Å². The van der Waals surface area contributed by atoms with Crippen LogP contribution < -0.4 is 21.3 Å². The molecule has 0 spiro atoms. The molecule has 65 heavy (non-hydrogen) atoms. The van der Waals surface area contributed by atoms with Crippen LogP contribution in [0.15, 0.2) is 156 Å². The number of hydrogen-bond donors (Lipinski definition) is 0. The fourth-order valence-corrected chi connectivity index (χ4v) is 11.4. The van der Waals surface area contributed by atoms with Gasteiger partial charge in [0.2, 0.25) is 0 Å². The van der Waals surface area contributed by atoms with Gasteiger partial charge in [0.1, 0.15) is 11.2 Å². The summed E-state index contributed by atoms with van der Waals surface area (Å²) in [5.74, 6) is 0. The Morgan fingerprint density at radius 2 is 0.985 bits per heavy atom. The van der Waals surface area contributed by atoms with E-state index in [-0.39, 0.29) is 23.0 Å². The molecule has 0 atom stereocenters. The van der Waals surface area contributed by atoms with Crippen LogP contribution in [0.4, 0.5) is 17.1 Å². The number of anilines is 3. The standard InChI is InChI=1S/C60H52BN3O/c1-58(2,3)35-21-25-38(26-22-35)62-49-19-12-11-17-45(49)61-46-18-14-16-40-41-27-30-53-54(42-15-10-13-20-52(42)65-53)57(41)64(56(40)46)51-34-39(33-50(62)55(51)61)63-47-28-23-36(59(4,5)6)31-43(47)44-32-37(60(7,8)9)24-29-48(44)63/h10-34H,1-9H3. The van der Waals surface area contributed by atoms with E-state index in [1.165, 1.54) is 93.8 Å². The maximum absolute atomic E-state index is 6.64. The summed E-state index contributed by atoms with van der Waals surface area (Å²) >= 11 is 0. The van der Waals surface area contributed by atoms with Crippen LogP contribution in [0.3, 0.4) is 0 Å². The number of aromatic nitrogens is 2. The number of nitrogens with zero attached hydrogens (tertiary/aromatic N) is 3. The minimum Gasteiger partial charge on any atom is -0.456 e. The monoisotopic (exact) mass is 841 g/mol. The van der Waals surface area contributed by atoms with Crippen molar-refractivity contribution in [2.24, 2.45) is 0 Å². The summed E-state index contributed by atoms with van der Waals surface area (Å²) in [5.41, 5.74) is 20.6. The van der Waals surface area contributed by atoms with Gasteiger partial charge in [0.25, 0.3) is 6.71 Å². The lowest BCUT2D eigenvalue weighted by molar-refractivity contribution is 0.590. The highest BCUT2D eigenvalue weighted by Crippen LogP contribution is 2.47. The Kier molecular flexibility index (Phi) is 7.61. The summed E-state index contributed by atoms with van der Waals surface area (Å²) < 4.78 is 11.8. The van der Waals surface area contributed by atoms with Crippen LogP contribution in [0, 0.1) is 0 Å². The van der Waals surface area contributed by atoms with Gasteiger partial charge in [0.15, 0.2) is 0 Å². The molecule has 13 rings (SSSR count). The largest absolute Gasteiger partial charge is 0.456 e. The van der Waals surface area contributed by atoms with Crippen LogP contribution in [0.2, 0.25) is 0 Å². The molecule has 0 saturated heterocycles. The van der Waals surface area contributed by atoms with Crippen molar-refractivity contribution in [2.45, 2.75) is 78.6 Å². The second-order valence-electron chi connectivity index (χ2n) is 21.8. The Hall–Kier alpha value is -6.98. The first-order valence-electron chi connectivity index (χ1n) is 23.3. The highest BCUT2D eigenvalue weighted by molar-refractivity contribution is 7.00. The summed E-state index contributed by atoms with van der Waals surface area (Å²) in [6.45, 7) is 20.8. The Morgan fingerprint density at radius 3 is 1.68 bits per heavy atom. The number of hydrogen-bond acceptors (Lipinski definition) is 2. The molecule has 5 heterocycles. The van der Waals surface area contributed by atoms with Crippen LogP contribution in [0.1, 0.15) is 79.0 Å².